The number of nitrogens with two attached hydrogens (primary N) is 1. The van der Waals surface area contributed by atoms with Gasteiger partial charge < -0.3 is 15.8 Å². The number of carbonyl (C=O) groups is 1. The van der Waals surface area contributed by atoms with Gasteiger partial charge in [-0.15, -0.1) is 0 Å². The number of nitrogens with one attached hydrogen (secondary N) is 1. The standard InChI is InChI=1S/C15H23FN2O2/c1-10(2)18-15(4,14(17)19)9-11(3)20-13-7-5-6-12(16)8-13/h5-8,10-11,18H,9H2,1-4H3,(H2,17,19). The Hall–Kier alpha value is -1.62. The first-order valence-corrected chi connectivity index (χ1v) is 6.73. The van der Waals surface area contributed by atoms with E-state index in [1.54, 1.807) is 19.1 Å². The Kier molecular flexibility index (Phi) is 5.51. The number of halogens is 1. The van der Waals surface area contributed by atoms with Crippen molar-refractivity contribution >= 4 is 5.91 Å². The number of benzene rings is 1. The molecule has 112 valence electrons. The van der Waals surface area contributed by atoms with E-state index in [-0.39, 0.29) is 18.0 Å². The predicted molar refractivity (Wildman–Crippen MR) is 77.0 cm³/mol. The molecule has 3 N–H and O–H groups in total. The molecule has 0 radical (unpaired) electrons. The highest BCUT2D eigenvalue weighted by Gasteiger charge is 2.33. The summed E-state index contributed by atoms with van der Waals surface area (Å²) in [7, 11) is 0. The molecule has 1 aromatic rings. The van der Waals surface area contributed by atoms with Gasteiger partial charge in [-0.25, -0.2) is 4.39 Å². The molecule has 0 saturated heterocycles. The highest BCUT2D eigenvalue weighted by molar-refractivity contribution is 5.84. The van der Waals surface area contributed by atoms with Crippen molar-refractivity contribution in [3.63, 3.8) is 0 Å². The topological polar surface area (TPSA) is 64.3 Å². The van der Waals surface area contributed by atoms with Crippen molar-refractivity contribution in [1.82, 2.24) is 5.32 Å². The van der Waals surface area contributed by atoms with Crippen LogP contribution in [-0.2, 0) is 4.79 Å². The SMILES string of the molecule is CC(C)NC(C)(CC(C)Oc1cccc(F)c1)C(N)=O. The Morgan fingerprint density at radius 1 is 1.45 bits per heavy atom. The molecular formula is C15H23FN2O2. The molecule has 2 atom stereocenters. The quantitative estimate of drug-likeness (QED) is 0.806. The minimum atomic E-state index is -0.860. The van der Waals surface area contributed by atoms with Gasteiger partial charge in [0.15, 0.2) is 0 Å². The van der Waals surface area contributed by atoms with Crippen LogP contribution in [0.15, 0.2) is 24.3 Å². The second-order valence-electron chi connectivity index (χ2n) is 5.59. The van der Waals surface area contributed by atoms with Crippen LogP contribution in [0.25, 0.3) is 0 Å². The lowest BCUT2D eigenvalue weighted by Gasteiger charge is -2.32. The van der Waals surface area contributed by atoms with Crippen molar-refractivity contribution in [2.45, 2.75) is 51.8 Å². The lowest BCUT2D eigenvalue weighted by atomic mass is 9.93. The molecule has 5 heteroatoms. The first-order chi connectivity index (χ1) is 9.23. The lowest BCUT2D eigenvalue weighted by molar-refractivity contribution is -0.125. The molecule has 1 amide bonds. The summed E-state index contributed by atoms with van der Waals surface area (Å²) in [5.41, 5.74) is 4.61. The van der Waals surface area contributed by atoms with Gasteiger partial charge in [0.05, 0.1) is 11.6 Å². The maximum atomic E-state index is 13.1. The van der Waals surface area contributed by atoms with Crippen LogP contribution in [0.5, 0.6) is 5.75 Å². The maximum Gasteiger partial charge on any atom is 0.237 e. The normalized spacial score (nSPS) is 15.7. The molecular weight excluding hydrogens is 259 g/mol. The molecule has 0 aromatic heterocycles. The van der Waals surface area contributed by atoms with Gasteiger partial charge in [0.2, 0.25) is 5.91 Å². The molecule has 1 aromatic carbocycles. The minimum Gasteiger partial charge on any atom is -0.491 e. The molecule has 0 heterocycles. The number of rotatable bonds is 7. The Bertz CT molecular complexity index is 465. The zero-order valence-electron chi connectivity index (χ0n) is 12.4. The summed E-state index contributed by atoms with van der Waals surface area (Å²) in [4.78, 5) is 11.6. The number of ether oxygens (including phenoxy) is 1. The van der Waals surface area contributed by atoms with E-state index in [9.17, 15) is 9.18 Å². The molecule has 2 unspecified atom stereocenters. The van der Waals surface area contributed by atoms with Crippen LogP contribution in [-0.4, -0.2) is 23.6 Å². The van der Waals surface area contributed by atoms with Crippen molar-refractivity contribution in [1.29, 1.82) is 0 Å². The first kappa shape index (κ1) is 16.4. The average Bonchev–Trinajstić information content (AvgIpc) is 2.26. The van der Waals surface area contributed by atoms with E-state index >= 15 is 0 Å². The molecule has 0 fully saturated rings. The van der Waals surface area contributed by atoms with E-state index < -0.39 is 11.4 Å². The third-order valence-electron chi connectivity index (χ3n) is 2.98. The summed E-state index contributed by atoms with van der Waals surface area (Å²) >= 11 is 0. The van der Waals surface area contributed by atoms with Gasteiger partial charge in [0.1, 0.15) is 11.6 Å². The number of amides is 1. The summed E-state index contributed by atoms with van der Waals surface area (Å²) in [5.74, 6) is -0.345. The van der Waals surface area contributed by atoms with Crippen LogP contribution in [0, 0.1) is 5.82 Å². The second-order valence-corrected chi connectivity index (χ2v) is 5.59. The maximum absolute atomic E-state index is 13.1. The van der Waals surface area contributed by atoms with Crippen molar-refractivity contribution < 1.29 is 13.9 Å². The zero-order valence-corrected chi connectivity index (χ0v) is 12.4. The minimum absolute atomic E-state index is 0.119. The number of primary amides is 1. The third-order valence-corrected chi connectivity index (χ3v) is 2.98. The van der Waals surface area contributed by atoms with Crippen LogP contribution < -0.4 is 15.8 Å². The van der Waals surface area contributed by atoms with E-state index in [0.717, 1.165) is 0 Å². The molecule has 0 aliphatic carbocycles. The van der Waals surface area contributed by atoms with E-state index in [1.165, 1.54) is 12.1 Å². The number of hydrogen-bond donors (Lipinski definition) is 2. The number of carbonyl (C=O) groups excluding carboxylic acids is 1. The molecule has 1 rings (SSSR count). The van der Waals surface area contributed by atoms with E-state index in [1.807, 2.05) is 20.8 Å². The van der Waals surface area contributed by atoms with Gasteiger partial charge in [0.25, 0.3) is 0 Å². The van der Waals surface area contributed by atoms with Crippen molar-refractivity contribution in [3.05, 3.63) is 30.1 Å². The van der Waals surface area contributed by atoms with E-state index in [0.29, 0.717) is 12.2 Å². The lowest BCUT2D eigenvalue weighted by Crippen LogP contribution is -2.57. The highest BCUT2D eigenvalue weighted by Crippen LogP contribution is 2.19. The fourth-order valence-electron chi connectivity index (χ4n) is 2.26. The van der Waals surface area contributed by atoms with Gasteiger partial charge in [-0.3, -0.25) is 4.79 Å². The Morgan fingerprint density at radius 3 is 2.60 bits per heavy atom. The average molecular weight is 282 g/mol. The highest BCUT2D eigenvalue weighted by atomic mass is 19.1. The molecule has 4 nitrogen and oxygen atoms in total. The van der Waals surface area contributed by atoms with E-state index in [4.69, 9.17) is 10.5 Å². The van der Waals surface area contributed by atoms with Crippen LogP contribution >= 0.6 is 0 Å². The van der Waals surface area contributed by atoms with Crippen molar-refractivity contribution in [2.24, 2.45) is 5.73 Å². The molecule has 0 bridgehead atoms. The summed E-state index contributed by atoms with van der Waals surface area (Å²) < 4.78 is 18.7. The van der Waals surface area contributed by atoms with Crippen LogP contribution in [0.1, 0.15) is 34.1 Å². The van der Waals surface area contributed by atoms with Gasteiger partial charge in [-0.05, 0) is 39.8 Å². The van der Waals surface area contributed by atoms with E-state index in [2.05, 4.69) is 5.32 Å². The summed E-state index contributed by atoms with van der Waals surface area (Å²) in [5, 5.41) is 3.16. The van der Waals surface area contributed by atoms with Gasteiger partial charge in [0, 0.05) is 18.5 Å². The first-order valence-electron chi connectivity index (χ1n) is 6.73. The van der Waals surface area contributed by atoms with Gasteiger partial charge in [-0.2, -0.15) is 0 Å². The number of hydrogen-bond acceptors (Lipinski definition) is 3. The van der Waals surface area contributed by atoms with Crippen molar-refractivity contribution in [3.8, 4) is 5.75 Å². The molecule has 20 heavy (non-hydrogen) atoms. The molecule has 0 spiro atoms. The smallest absolute Gasteiger partial charge is 0.237 e. The third kappa shape index (κ3) is 4.81. The monoisotopic (exact) mass is 282 g/mol. The fourth-order valence-corrected chi connectivity index (χ4v) is 2.26. The van der Waals surface area contributed by atoms with Gasteiger partial charge >= 0.3 is 0 Å². The second kappa shape index (κ2) is 6.70. The molecule has 0 saturated carbocycles. The summed E-state index contributed by atoms with van der Waals surface area (Å²) in [6, 6.07) is 6.04. The Labute approximate surface area is 119 Å². The summed E-state index contributed by atoms with van der Waals surface area (Å²) in [6.07, 6.45) is 0.123. The van der Waals surface area contributed by atoms with Crippen LogP contribution in [0.3, 0.4) is 0 Å². The summed E-state index contributed by atoms with van der Waals surface area (Å²) in [6.45, 7) is 7.47. The zero-order chi connectivity index (χ0) is 15.3. The van der Waals surface area contributed by atoms with Gasteiger partial charge in [-0.1, -0.05) is 6.07 Å². The molecule has 0 aliphatic rings. The largest absolute Gasteiger partial charge is 0.491 e. The van der Waals surface area contributed by atoms with Crippen molar-refractivity contribution in [2.75, 3.05) is 0 Å². The Balaban J connectivity index is 2.71. The molecule has 0 aliphatic heterocycles. The van der Waals surface area contributed by atoms with Crippen LogP contribution in [0.2, 0.25) is 0 Å². The fraction of sp³-hybridized carbons (Fsp3) is 0.533. The van der Waals surface area contributed by atoms with Crippen LogP contribution in [0.4, 0.5) is 4.39 Å². The predicted octanol–water partition coefficient (Wildman–Crippen LogP) is 2.23. The Morgan fingerprint density at radius 2 is 2.10 bits per heavy atom.